The lowest BCUT2D eigenvalue weighted by Crippen LogP contribution is -2.34. The lowest BCUT2D eigenvalue weighted by atomic mass is 10.1. The summed E-state index contributed by atoms with van der Waals surface area (Å²) in [4.78, 5) is 25.7. The van der Waals surface area contributed by atoms with Gasteiger partial charge >= 0.3 is 0 Å². The summed E-state index contributed by atoms with van der Waals surface area (Å²) in [6.45, 7) is -0.0184. The number of nitrogens with one attached hydrogen (secondary N) is 1. The zero-order valence-corrected chi connectivity index (χ0v) is 17.2. The molecule has 1 fully saturated rings. The highest BCUT2D eigenvalue weighted by Crippen LogP contribution is 2.39. The number of carbonyl (C=O) groups excluding carboxylic acids is 2. The fourth-order valence-electron chi connectivity index (χ4n) is 2.50. The van der Waals surface area contributed by atoms with E-state index in [0.717, 1.165) is 18.1 Å². The Kier molecular flexibility index (Phi) is 8.76. The number of anilines is 1. The van der Waals surface area contributed by atoms with Gasteiger partial charge in [0, 0.05) is 24.5 Å². The Morgan fingerprint density at radius 3 is 2.64 bits per heavy atom. The van der Waals surface area contributed by atoms with Crippen molar-refractivity contribution in [1.82, 2.24) is 4.90 Å². The first-order chi connectivity index (χ1) is 12.0. The molecule has 1 unspecified atom stereocenters. The van der Waals surface area contributed by atoms with Crippen molar-refractivity contribution in [3.8, 4) is 0 Å². The lowest BCUT2D eigenvalue weighted by Gasteiger charge is -2.17. The van der Waals surface area contributed by atoms with Gasteiger partial charge in [0.25, 0.3) is 0 Å². The summed E-state index contributed by atoms with van der Waals surface area (Å²) in [5, 5.41) is 4.15. The summed E-state index contributed by atoms with van der Waals surface area (Å²) < 4.78 is 0. The standard InChI is InChI=1S/C17H22Cl2N2O2S2/c1-21(16(23)8-3-2-5-12-9-10-24-25-12)11-15(22)20-17-13(18)6-4-7-14(17)19/h4,6-7,12H,2-3,5,8-11H2,1H3,(H,20,22). The lowest BCUT2D eigenvalue weighted by molar-refractivity contribution is -0.133. The fraction of sp³-hybridized carbons (Fsp3) is 0.529. The summed E-state index contributed by atoms with van der Waals surface area (Å²) in [6, 6.07) is 5.01. The molecular weight excluding hydrogens is 399 g/mol. The summed E-state index contributed by atoms with van der Waals surface area (Å²) in [5.41, 5.74) is 0.378. The minimum Gasteiger partial charge on any atom is -0.336 e. The molecule has 1 aromatic carbocycles. The Morgan fingerprint density at radius 2 is 2.00 bits per heavy atom. The second-order valence-corrected chi connectivity index (χ2v) is 9.57. The Balaban J connectivity index is 1.69. The highest BCUT2D eigenvalue weighted by molar-refractivity contribution is 8.77. The number of carbonyl (C=O) groups is 2. The third kappa shape index (κ3) is 6.93. The van der Waals surface area contributed by atoms with E-state index in [-0.39, 0.29) is 18.4 Å². The van der Waals surface area contributed by atoms with Gasteiger partial charge in [-0.1, -0.05) is 57.3 Å². The van der Waals surface area contributed by atoms with Gasteiger partial charge in [-0.3, -0.25) is 9.59 Å². The number of benzene rings is 1. The normalized spacial score (nSPS) is 16.7. The van der Waals surface area contributed by atoms with Crippen LogP contribution in [-0.4, -0.2) is 41.3 Å². The molecular formula is C17H22Cl2N2O2S2. The molecule has 25 heavy (non-hydrogen) atoms. The van der Waals surface area contributed by atoms with Crippen LogP contribution in [0.5, 0.6) is 0 Å². The third-order valence-electron chi connectivity index (χ3n) is 3.93. The molecule has 0 aliphatic carbocycles. The van der Waals surface area contributed by atoms with Crippen LogP contribution in [0.4, 0.5) is 5.69 Å². The number of halogens is 2. The molecule has 0 aromatic heterocycles. The summed E-state index contributed by atoms with van der Waals surface area (Å²) in [5.74, 6) is 0.903. The maximum Gasteiger partial charge on any atom is 0.244 e. The summed E-state index contributed by atoms with van der Waals surface area (Å²) in [7, 11) is 5.54. The Bertz CT molecular complexity index is 590. The molecule has 2 amide bonds. The maximum atomic E-state index is 12.1. The van der Waals surface area contributed by atoms with Gasteiger partial charge in [0.1, 0.15) is 0 Å². The second kappa shape index (κ2) is 10.6. The largest absolute Gasteiger partial charge is 0.336 e. The van der Waals surface area contributed by atoms with Crippen molar-refractivity contribution in [2.45, 2.75) is 37.4 Å². The first-order valence-electron chi connectivity index (χ1n) is 8.23. The fourth-order valence-corrected chi connectivity index (χ4v) is 6.02. The van der Waals surface area contributed by atoms with Crippen molar-refractivity contribution < 1.29 is 9.59 Å². The van der Waals surface area contributed by atoms with Crippen molar-refractivity contribution in [1.29, 1.82) is 0 Å². The number of rotatable bonds is 8. The van der Waals surface area contributed by atoms with E-state index in [9.17, 15) is 9.59 Å². The minimum absolute atomic E-state index is 0.0184. The van der Waals surface area contributed by atoms with Crippen LogP contribution < -0.4 is 5.32 Å². The van der Waals surface area contributed by atoms with E-state index in [1.54, 1.807) is 25.2 Å². The first kappa shape index (κ1) is 20.7. The minimum atomic E-state index is -0.315. The van der Waals surface area contributed by atoms with Crippen molar-refractivity contribution in [2.24, 2.45) is 0 Å². The van der Waals surface area contributed by atoms with E-state index in [0.29, 0.717) is 22.2 Å². The SMILES string of the molecule is CN(CC(=O)Nc1c(Cl)cccc1Cl)C(=O)CCCCC1CCSS1. The topological polar surface area (TPSA) is 49.4 Å². The average molecular weight is 421 g/mol. The molecule has 1 heterocycles. The Hall–Kier alpha value is -0.560. The summed E-state index contributed by atoms with van der Waals surface area (Å²) in [6.07, 6.45) is 4.83. The van der Waals surface area contributed by atoms with E-state index < -0.39 is 0 Å². The van der Waals surface area contributed by atoms with Crippen LogP contribution in [0.3, 0.4) is 0 Å². The molecule has 8 heteroatoms. The van der Waals surface area contributed by atoms with Crippen molar-refractivity contribution >= 4 is 62.3 Å². The zero-order chi connectivity index (χ0) is 18.2. The van der Waals surface area contributed by atoms with Crippen LogP contribution in [0.1, 0.15) is 32.1 Å². The molecule has 2 rings (SSSR count). The zero-order valence-electron chi connectivity index (χ0n) is 14.1. The molecule has 0 bridgehead atoms. The van der Waals surface area contributed by atoms with Gasteiger partial charge in [0.15, 0.2) is 0 Å². The summed E-state index contributed by atoms with van der Waals surface area (Å²) >= 11 is 12.1. The van der Waals surface area contributed by atoms with E-state index >= 15 is 0 Å². The molecule has 0 saturated carbocycles. The molecule has 1 aliphatic rings. The van der Waals surface area contributed by atoms with Crippen molar-refractivity contribution in [3.05, 3.63) is 28.2 Å². The predicted molar refractivity (Wildman–Crippen MR) is 110 cm³/mol. The van der Waals surface area contributed by atoms with Gasteiger partial charge < -0.3 is 10.2 Å². The monoisotopic (exact) mass is 420 g/mol. The third-order valence-corrected chi connectivity index (χ3v) is 7.56. The van der Waals surface area contributed by atoms with Crippen LogP contribution in [-0.2, 0) is 9.59 Å². The molecule has 1 aliphatic heterocycles. The van der Waals surface area contributed by atoms with Gasteiger partial charge in [0.2, 0.25) is 11.8 Å². The Morgan fingerprint density at radius 1 is 1.28 bits per heavy atom. The van der Waals surface area contributed by atoms with Gasteiger partial charge in [-0.25, -0.2) is 0 Å². The molecule has 1 N–H and O–H groups in total. The van der Waals surface area contributed by atoms with E-state index in [1.807, 2.05) is 21.6 Å². The number of likely N-dealkylation sites (N-methyl/N-ethyl adjacent to an activating group) is 1. The molecule has 138 valence electrons. The molecule has 0 spiro atoms. The number of para-hydroxylation sites is 1. The molecule has 1 atom stereocenters. The van der Waals surface area contributed by atoms with Crippen LogP contribution in [0.2, 0.25) is 10.0 Å². The average Bonchev–Trinajstić information content (AvgIpc) is 3.08. The number of hydrogen-bond donors (Lipinski definition) is 1. The Labute approximate surface area is 166 Å². The van der Waals surface area contributed by atoms with Gasteiger partial charge in [-0.2, -0.15) is 0 Å². The first-order valence-corrected chi connectivity index (χ1v) is 11.4. The quantitative estimate of drug-likeness (QED) is 0.469. The van der Waals surface area contributed by atoms with Crippen LogP contribution in [0, 0.1) is 0 Å². The van der Waals surface area contributed by atoms with Crippen molar-refractivity contribution in [3.63, 3.8) is 0 Å². The van der Waals surface area contributed by atoms with E-state index in [1.165, 1.54) is 23.5 Å². The van der Waals surface area contributed by atoms with Crippen LogP contribution >= 0.6 is 44.8 Å². The van der Waals surface area contributed by atoms with Gasteiger partial charge in [-0.15, -0.1) is 0 Å². The number of nitrogens with zero attached hydrogens (tertiary/aromatic N) is 1. The highest BCUT2D eigenvalue weighted by atomic mass is 35.5. The number of unbranched alkanes of at least 4 members (excludes halogenated alkanes) is 1. The van der Waals surface area contributed by atoms with Crippen LogP contribution in [0.15, 0.2) is 18.2 Å². The van der Waals surface area contributed by atoms with E-state index in [2.05, 4.69) is 5.32 Å². The molecule has 4 nitrogen and oxygen atoms in total. The highest BCUT2D eigenvalue weighted by Gasteiger charge is 2.17. The molecule has 0 radical (unpaired) electrons. The number of amides is 2. The molecule has 1 aromatic rings. The van der Waals surface area contributed by atoms with E-state index in [4.69, 9.17) is 23.2 Å². The number of hydrogen-bond acceptors (Lipinski definition) is 4. The van der Waals surface area contributed by atoms with Gasteiger partial charge in [0.05, 0.1) is 22.3 Å². The van der Waals surface area contributed by atoms with Gasteiger partial charge in [-0.05, 0) is 31.4 Å². The predicted octanol–water partition coefficient (Wildman–Crippen LogP) is 5.10. The van der Waals surface area contributed by atoms with Crippen molar-refractivity contribution in [2.75, 3.05) is 24.7 Å². The second-order valence-electron chi connectivity index (χ2n) is 5.97. The molecule has 1 saturated heterocycles. The van der Waals surface area contributed by atoms with Crippen LogP contribution in [0.25, 0.3) is 0 Å². The smallest absolute Gasteiger partial charge is 0.244 e. The maximum absolute atomic E-state index is 12.1.